The van der Waals surface area contributed by atoms with Gasteiger partial charge in [0.05, 0.1) is 17.6 Å². The van der Waals surface area contributed by atoms with Gasteiger partial charge in [-0.3, -0.25) is 0 Å². The first-order valence-corrected chi connectivity index (χ1v) is 7.94. The van der Waals surface area contributed by atoms with Crippen LogP contribution < -0.4 is 4.74 Å². The Morgan fingerprint density at radius 3 is 2.43 bits per heavy atom. The summed E-state index contributed by atoms with van der Waals surface area (Å²) in [6.45, 7) is 0. The molecule has 5 nitrogen and oxygen atoms in total. The molecule has 0 aromatic heterocycles. The molecule has 21 heavy (non-hydrogen) atoms. The molecular weight excluding hydrogens is 292 g/mol. The van der Waals surface area contributed by atoms with Crippen LogP contribution in [0, 0.1) is 0 Å². The van der Waals surface area contributed by atoms with E-state index < -0.39 is 15.8 Å². The summed E-state index contributed by atoms with van der Waals surface area (Å²) in [5.41, 5.74) is 1.02. The summed E-state index contributed by atoms with van der Waals surface area (Å²) in [4.78, 5) is 11.4. The van der Waals surface area contributed by atoms with Crippen LogP contribution in [0.15, 0.2) is 47.4 Å². The van der Waals surface area contributed by atoms with E-state index in [1.54, 1.807) is 24.3 Å². The number of hydrogen-bond donors (Lipinski definition) is 1. The highest BCUT2D eigenvalue weighted by Gasteiger charge is 2.16. The molecule has 110 valence electrons. The number of aromatic carboxylic acids is 1. The molecule has 0 unspecified atom stereocenters. The van der Waals surface area contributed by atoms with Crippen LogP contribution in [0.25, 0.3) is 11.1 Å². The lowest BCUT2D eigenvalue weighted by Gasteiger charge is -2.09. The van der Waals surface area contributed by atoms with Crippen LogP contribution >= 0.6 is 0 Å². The third-order valence-electron chi connectivity index (χ3n) is 3.03. The molecule has 0 aliphatic heterocycles. The largest absolute Gasteiger partial charge is 0.497 e. The molecule has 2 aromatic carbocycles. The van der Waals surface area contributed by atoms with Crippen molar-refractivity contribution in [1.29, 1.82) is 0 Å². The maximum absolute atomic E-state index is 11.5. The van der Waals surface area contributed by atoms with Crippen LogP contribution in [0.1, 0.15) is 10.4 Å². The fourth-order valence-corrected chi connectivity index (χ4v) is 2.62. The second-order valence-electron chi connectivity index (χ2n) is 4.52. The maximum atomic E-state index is 11.5. The monoisotopic (exact) mass is 306 g/mol. The minimum atomic E-state index is -3.46. The fourth-order valence-electron chi connectivity index (χ4n) is 1.97. The Labute approximate surface area is 122 Å². The van der Waals surface area contributed by atoms with E-state index in [4.69, 9.17) is 4.74 Å². The van der Waals surface area contributed by atoms with Crippen LogP contribution in [0.3, 0.4) is 0 Å². The van der Waals surface area contributed by atoms with E-state index in [9.17, 15) is 18.3 Å². The molecule has 0 bridgehead atoms. The topological polar surface area (TPSA) is 80.7 Å². The second kappa shape index (κ2) is 5.57. The third kappa shape index (κ3) is 3.22. The number of rotatable bonds is 4. The molecule has 0 aliphatic carbocycles. The van der Waals surface area contributed by atoms with Crippen molar-refractivity contribution in [3.05, 3.63) is 48.0 Å². The van der Waals surface area contributed by atoms with Gasteiger partial charge in [-0.2, -0.15) is 0 Å². The van der Waals surface area contributed by atoms with Crippen molar-refractivity contribution < 1.29 is 23.1 Å². The lowest BCUT2D eigenvalue weighted by Crippen LogP contribution is -2.04. The highest BCUT2D eigenvalue weighted by atomic mass is 32.2. The van der Waals surface area contributed by atoms with Crippen LogP contribution in [0.5, 0.6) is 5.75 Å². The Morgan fingerprint density at radius 1 is 1.14 bits per heavy atom. The van der Waals surface area contributed by atoms with Gasteiger partial charge in [-0.05, 0) is 35.4 Å². The molecule has 2 rings (SSSR count). The fraction of sp³-hybridized carbons (Fsp3) is 0.133. The minimum Gasteiger partial charge on any atom is -0.497 e. The average Bonchev–Trinajstić information content (AvgIpc) is 2.45. The van der Waals surface area contributed by atoms with Gasteiger partial charge in [-0.15, -0.1) is 0 Å². The van der Waals surface area contributed by atoms with Crippen LogP contribution in [0.4, 0.5) is 0 Å². The predicted octanol–water partition coefficient (Wildman–Crippen LogP) is 2.46. The van der Waals surface area contributed by atoms with E-state index >= 15 is 0 Å². The van der Waals surface area contributed by atoms with Crippen molar-refractivity contribution in [1.82, 2.24) is 0 Å². The molecule has 0 heterocycles. The van der Waals surface area contributed by atoms with E-state index in [-0.39, 0.29) is 10.5 Å². The van der Waals surface area contributed by atoms with Crippen molar-refractivity contribution >= 4 is 15.8 Å². The maximum Gasteiger partial charge on any atom is 0.336 e. The summed E-state index contributed by atoms with van der Waals surface area (Å²) in [5, 5.41) is 9.32. The Kier molecular flexibility index (Phi) is 3.99. The van der Waals surface area contributed by atoms with Crippen molar-refractivity contribution in [3.63, 3.8) is 0 Å². The zero-order chi connectivity index (χ0) is 15.6. The smallest absolute Gasteiger partial charge is 0.336 e. The SMILES string of the molecule is COc1cccc(-c2ccc(S(C)(=O)=O)cc2C(=O)O)c1. The number of sulfone groups is 1. The summed E-state index contributed by atoms with van der Waals surface area (Å²) in [6.07, 6.45) is 1.04. The van der Waals surface area contributed by atoms with Gasteiger partial charge in [0, 0.05) is 6.26 Å². The summed E-state index contributed by atoms with van der Waals surface area (Å²) in [6, 6.07) is 11.0. The Bertz CT molecular complexity index is 793. The molecule has 0 saturated carbocycles. The first kappa shape index (κ1) is 15.1. The molecular formula is C15H14O5S. The summed E-state index contributed by atoms with van der Waals surface area (Å²) >= 11 is 0. The van der Waals surface area contributed by atoms with E-state index in [0.29, 0.717) is 16.9 Å². The highest BCUT2D eigenvalue weighted by molar-refractivity contribution is 7.90. The Morgan fingerprint density at radius 2 is 1.86 bits per heavy atom. The number of benzene rings is 2. The zero-order valence-corrected chi connectivity index (χ0v) is 12.3. The van der Waals surface area contributed by atoms with E-state index in [2.05, 4.69) is 0 Å². The van der Waals surface area contributed by atoms with Gasteiger partial charge in [-0.1, -0.05) is 18.2 Å². The number of methoxy groups -OCH3 is 1. The minimum absolute atomic E-state index is 0.0217. The Hall–Kier alpha value is -2.34. The average molecular weight is 306 g/mol. The lowest BCUT2D eigenvalue weighted by atomic mass is 9.99. The Balaban J connectivity index is 2.66. The summed E-state index contributed by atoms with van der Waals surface area (Å²) in [7, 11) is -1.94. The van der Waals surface area contributed by atoms with Crippen molar-refractivity contribution in [2.45, 2.75) is 4.90 Å². The third-order valence-corrected chi connectivity index (χ3v) is 4.14. The van der Waals surface area contributed by atoms with Gasteiger partial charge in [0.2, 0.25) is 0 Å². The molecule has 0 fully saturated rings. The van der Waals surface area contributed by atoms with Crippen molar-refractivity contribution in [2.24, 2.45) is 0 Å². The molecule has 1 N–H and O–H groups in total. The number of carboxylic acid groups (broad SMARTS) is 1. The van der Waals surface area contributed by atoms with Crippen LogP contribution in [-0.4, -0.2) is 32.9 Å². The lowest BCUT2D eigenvalue weighted by molar-refractivity contribution is 0.0697. The molecule has 0 saturated heterocycles. The van der Waals surface area contributed by atoms with Gasteiger partial charge >= 0.3 is 5.97 Å². The molecule has 0 aliphatic rings. The highest BCUT2D eigenvalue weighted by Crippen LogP contribution is 2.29. The first-order valence-electron chi connectivity index (χ1n) is 6.05. The predicted molar refractivity (Wildman–Crippen MR) is 78.5 cm³/mol. The number of ether oxygens (including phenoxy) is 1. The molecule has 0 spiro atoms. The van der Waals surface area contributed by atoms with Gasteiger partial charge in [0.15, 0.2) is 9.84 Å². The van der Waals surface area contributed by atoms with Crippen LogP contribution in [0.2, 0.25) is 0 Å². The van der Waals surface area contributed by atoms with Crippen molar-refractivity contribution in [2.75, 3.05) is 13.4 Å². The van der Waals surface area contributed by atoms with Gasteiger partial charge in [0.25, 0.3) is 0 Å². The summed E-state index contributed by atoms with van der Waals surface area (Å²) in [5.74, 6) is -0.589. The number of hydrogen-bond acceptors (Lipinski definition) is 4. The molecule has 0 radical (unpaired) electrons. The van der Waals surface area contributed by atoms with Gasteiger partial charge in [0.1, 0.15) is 5.75 Å². The summed E-state index contributed by atoms with van der Waals surface area (Å²) < 4.78 is 28.2. The first-order chi connectivity index (χ1) is 9.82. The van der Waals surface area contributed by atoms with Gasteiger partial charge < -0.3 is 9.84 Å². The second-order valence-corrected chi connectivity index (χ2v) is 6.53. The van der Waals surface area contributed by atoms with Crippen LogP contribution in [-0.2, 0) is 9.84 Å². The normalized spacial score (nSPS) is 11.1. The zero-order valence-electron chi connectivity index (χ0n) is 11.5. The molecule has 6 heteroatoms. The standard InChI is InChI=1S/C15H14O5S/c1-20-11-5-3-4-10(8-11)13-7-6-12(21(2,18)19)9-14(13)15(16)17/h3-9H,1-2H3,(H,16,17). The van der Waals surface area contributed by atoms with Gasteiger partial charge in [-0.25, -0.2) is 13.2 Å². The van der Waals surface area contributed by atoms with E-state index in [1.165, 1.54) is 25.3 Å². The molecule has 0 amide bonds. The number of carbonyl (C=O) groups is 1. The number of carboxylic acids is 1. The quantitative estimate of drug-likeness (QED) is 0.938. The van der Waals surface area contributed by atoms with E-state index in [1.807, 2.05) is 0 Å². The molecule has 0 atom stereocenters. The van der Waals surface area contributed by atoms with E-state index in [0.717, 1.165) is 6.26 Å². The molecule has 2 aromatic rings. The van der Waals surface area contributed by atoms with Crippen molar-refractivity contribution in [3.8, 4) is 16.9 Å².